The molecule has 1 unspecified atom stereocenters. The van der Waals surface area contributed by atoms with Gasteiger partial charge in [-0.1, -0.05) is 6.92 Å². The minimum atomic E-state index is 0.215. The largest absolute Gasteiger partial charge is 0.330 e. The Kier molecular flexibility index (Phi) is 5.07. The van der Waals surface area contributed by atoms with E-state index in [1.165, 1.54) is 0 Å². The third-order valence-corrected chi connectivity index (χ3v) is 1.22. The summed E-state index contributed by atoms with van der Waals surface area (Å²) in [6.07, 6.45) is 1.81. The quantitative estimate of drug-likeness (QED) is 0.541. The Morgan fingerprint density at radius 1 is 1.78 bits per heavy atom. The highest BCUT2D eigenvalue weighted by atomic mass is 14.8. The van der Waals surface area contributed by atoms with Crippen LogP contribution in [0.4, 0.5) is 0 Å². The van der Waals surface area contributed by atoms with Crippen LogP contribution in [0.1, 0.15) is 19.8 Å². The molecule has 3 N–H and O–H groups in total. The highest BCUT2D eigenvalue weighted by molar-refractivity contribution is 5.36. The summed E-state index contributed by atoms with van der Waals surface area (Å²) in [5.41, 5.74) is 5.29. The van der Waals surface area contributed by atoms with Crippen LogP contribution in [0.25, 0.3) is 0 Å². The van der Waals surface area contributed by atoms with E-state index in [1.54, 1.807) is 0 Å². The fourth-order valence-electron chi connectivity index (χ4n) is 0.644. The zero-order valence-corrected chi connectivity index (χ0v) is 5.72. The molecular formula is C6H13N3. The molecular weight excluding hydrogens is 114 g/mol. The first-order valence-electron chi connectivity index (χ1n) is 3.16. The number of hydrogen-bond acceptors (Lipinski definition) is 3. The van der Waals surface area contributed by atoms with Crippen LogP contribution in [-0.4, -0.2) is 18.6 Å². The van der Waals surface area contributed by atoms with Crippen molar-refractivity contribution in [2.45, 2.75) is 25.8 Å². The number of nitrogens with one attached hydrogen (secondary N) is 1. The highest BCUT2D eigenvalue weighted by Crippen LogP contribution is 1.99. The van der Waals surface area contributed by atoms with E-state index in [2.05, 4.69) is 4.99 Å². The normalized spacial score (nSPS) is 12.2. The minimum Gasteiger partial charge on any atom is -0.330 e. The second-order valence-corrected chi connectivity index (χ2v) is 1.88. The Morgan fingerprint density at radius 3 is 2.78 bits per heavy atom. The molecule has 0 aromatic rings. The number of nitrogens with two attached hydrogens (primary N) is 1. The molecule has 0 bridgehead atoms. The van der Waals surface area contributed by atoms with Crippen LogP contribution >= 0.6 is 0 Å². The van der Waals surface area contributed by atoms with Gasteiger partial charge in [-0.2, -0.15) is 0 Å². The topological polar surface area (TPSA) is 62.2 Å². The molecule has 0 spiro atoms. The van der Waals surface area contributed by atoms with Crippen molar-refractivity contribution >= 4 is 6.01 Å². The van der Waals surface area contributed by atoms with Crippen molar-refractivity contribution in [1.82, 2.24) is 0 Å². The average molecular weight is 127 g/mol. The van der Waals surface area contributed by atoms with Crippen molar-refractivity contribution < 1.29 is 0 Å². The lowest BCUT2D eigenvalue weighted by Gasteiger charge is -2.03. The second-order valence-electron chi connectivity index (χ2n) is 1.88. The van der Waals surface area contributed by atoms with E-state index < -0.39 is 0 Å². The van der Waals surface area contributed by atoms with Gasteiger partial charge in [0.05, 0.1) is 12.1 Å². The molecule has 0 aliphatic heterocycles. The van der Waals surface area contributed by atoms with Crippen LogP contribution in [0.3, 0.4) is 0 Å². The van der Waals surface area contributed by atoms with Crippen LogP contribution in [-0.2, 0) is 0 Å². The first-order chi connectivity index (χ1) is 4.35. The predicted octanol–water partition coefficient (Wildman–Crippen LogP) is 0.866. The fraction of sp³-hybridized carbons (Fsp3) is 0.833. The molecule has 52 valence electrons. The lowest BCUT2D eigenvalue weighted by Crippen LogP contribution is -2.10. The summed E-state index contributed by atoms with van der Waals surface area (Å²) >= 11 is 0. The number of hydrogen-bond donors (Lipinski definition) is 2. The monoisotopic (exact) mass is 127 g/mol. The van der Waals surface area contributed by atoms with Crippen molar-refractivity contribution in [3.8, 4) is 0 Å². The number of nitrogens with zero attached hydrogens (tertiary/aromatic N) is 1. The molecule has 3 nitrogen and oxygen atoms in total. The minimum absolute atomic E-state index is 0.215. The third-order valence-electron chi connectivity index (χ3n) is 1.22. The van der Waals surface area contributed by atoms with Gasteiger partial charge < -0.3 is 5.73 Å². The van der Waals surface area contributed by atoms with Gasteiger partial charge in [-0.05, 0) is 19.4 Å². The summed E-state index contributed by atoms with van der Waals surface area (Å²) in [7, 11) is 0. The zero-order chi connectivity index (χ0) is 7.11. The lowest BCUT2D eigenvalue weighted by molar-refractivity contribution is 0.609. The summed E-state index contributed by atoms with van der Waals surface area (Å²) in [6, 6.07) is 2.24. The fourth-order valence-corrected chi connectivity index (χ4v) is 0.644. The second kappa shape index (κ2) is 5.48. The maximum atomic E-state index is 6.56. The molecule has 0 aliphatic rings. The molecule has 3 heteroatoms. The standard InChI is InChI=1S/C6H13N3/c1-2-6(3-4-7)9-5-8/h6,8H,2-4,7H2,1H3. The lowest BCUT2D eigenvalue weighted by atomic mass is 10.2. The van der Waals surface area contributed by atoms with Gasteiger partial charge in [-0.25, -0.2) is 10.4 Å². The molecule has 0 aliphatic carbocycles. The van der Waals surface area contributed by atoms with E-state index in [0.717, 1.165) is 12.8 Å². The van der Waals surface area contributed by atoms with E-state index in [0.29, 0.717) is 6.54 Å². The van der Waals surface area contributed by atoms with Crippen LogP contribution in [0, 0.1) is 5.41 Å². The van der Waals surface area contributed by atoms with Gasteiger partial charge in [0.1, 0.15) is 0 Å². The van der Waals surface area contributed by atoms with Crippen LogP contribution < -0.4 is 5.73 Å². The molecule has 0 heterocycles. The van der Waals surface area contributed by atoms with Gasteiger partial charge in [-0.15, -0.1) is 0 Å². The molecule has 1 atom stereocenters. The Morgan fingerprint density at radius 2 is 2.44 bits per heavy atom. The van der Waals surface area contributed by atoms with Crippen molar-refractivity contribution in [2.75, 3.05) is 6.54 Å². The Hall–Kier alpha value is -0.660. The average Bonchev–Trinajstić information content (AvgIpc) is 1.88. The maximum Gasteiger partial charge on any atom is 0.0864 e. The smallest absolute Gasteiger partial charge is 0.0864 e. The first-order valence-corrected chi connectivity index (χ1v) is 3.16. The molecule has 0 amide bonds. The Labute approximate surface area is 55.5 Å². The summed E-state index contributed by atoms with van der Waals surface area (Å²) in [4.78, 5) is 3.77. The van der Waals surface area contributed by atoms with E-state index >= 15 is 0 Å². The van der Waals surface area contributed by atoms with Gasteiger partial charge >= 0.3 is 0 Å². The third kappa shape index (κ3) is 3.88. The van der Waals surface area contributed by atoms with Gasteiger partial charge in [-0.3, -0.25) is 0 Å². The molecule has 0 fully saturated rings. The molecule has 0 aromatic heterocycles. The van der Waals surface area contributed by atoms with Crippen molar-refractivity contribution in [3.05, 3.63) is 0 Å². The molecule has 0 aromatic carbocycles. The van der Waals surface area contributed by atoms with Crippen LogP contribution in [0.2, 0.25) is 0 Å². The molecule has 0 rings (SSSR count). The van der Waals surface area contributed by atoms with Gasteiger partial charge in [0.25, 0.3) is 0 Å². The SMILES string of the molecule is CCC(CCN)N=C=N. The number of aliphatic imine (C=N–C) groups is 1. The highest BCUT2D eigenvalue weighted by Gasteiger charge is 1.98. The molecule has 9 heavy (non-hydrogen) atoms. The van der Waals surface area contributed by atoms with E-state index in [4.69, 9.17) is 11.1 Å². The van der Waals surface area contributed by atoms with E-state index in [1.807, 2.05) is 12.9 Å². The molecule has 0 saturated carbocycles. The predicted molar refractivity (Wildman–Crippen MR) is 37.9 cm³/mol. The number of rotatable bonds is 4. The summed E-state index contributed by atoms with van der Waals surface area (Å²) in [5.74, 6) is 0. The van der Waals surface area contributed by atoms with E-state index in [9.17, 15) is 0 Å². The first kappa shape index (κ1) is 8.34. The summed E-state index contributed by atoms with van der Waals surface area (Å²) < 4.78 is 0. The Bertz CT molecular complexity index is 105. The summed E-state index contributed by atoms with van der Waals surface area (Å²) in [6.45, 7) is 2.67. The van der Waals surface area contributed by atoms with E-state index in [-0.39, 0.29) is 6.04 Å². The molecule has 0 radical (unpaired) electrons. The Balaban J connectivity index is 3.53. The van der Waals surface area contributed by atoms with Crippen molar-refractivity contribution in [2.24, 2.45) is 10.7 Å². The van der Waals surface area contributed by atoms with Crippen molar-refractivity contribution in [1.29, 1.82) is 5.41 Å². The van der Waals surface area contributed by atoms with Crippen LogP contribution in [0.15, 0.2) is 4.99 Å². The summed E-state index contributed by atoms with van der Waals surface area (Å²) in [5, 5.41) is 6.56. The van der Waals surface area contributed by atoms with Gasteiger partial charge in [0.2, 0.25) is 0 Å². The zero-order valence-electron chi connectivity index (χ0n) is 5.72. The maximum absolute atomic E-state index is 6.56. The van der Waals surface area contributed by atoms with Crippen LogP contribution in [0.5, 0.6) is 0 Å². The van der Waals surface area contributed by atoms with Crippen molar-refractivity contribution in [3.63, 3.8) is 0 Å². The van der Waals surface area contributed by atoms with Gasteiger partial charge in [0, 0.05) is 0 Å². The molecule has 0 saturated heterocycles. The van der Waals surface area contributed by atoms with Gasteiger partial charge in [0.15, 0.2) is 0 Å².